The lowest BCUT2D eigenvalue weighted by molar-refractivity contribution is -0.114. The molecule has 28 heavy (non-hydrogen) atoms. The Hall–Kier alpha value is -3.12. The molecule has 2 N–H and O–H groups in total. The molecule has 7 heteroatoms. The molecule has 0 spiro atoms. The summed E-state index contributed by atoms with van der Waals surface area (Å²) in [7, 11) is 0. The summed E-state index contributed by atoms with van der Waals surface area (Å²) in [5, 5.41) is 10.4. The average Bonchev–Trinajstić information content (AvgIpc) is 2.96. The second-order valence-corrected chi connectivity index (χ2v) is 6.86. The van der Waals surface area contributed by atoms with Crippen molar-refractivity contribution in [3.8, 4) is 5.69 Å². The van der Waals surface area contributed by atoms with Gasteiger partial charge in [-0.3, -0.25) is 9.59 Å². The Labute approximate surface area is 168 Å². The molecule has 144 valence electrons. The molecule has 1 heterocycles. The van der Waals surface area contributed by atoms with Gasteiger partial charge in [-0.15, -0.1) is 0 Å². The predicted octanol–water partition coefficient (Wildman–Crippen LogP) is 4.28. The van der Waals surface area contributed by atoms with Crippen LogP contribution >= 0.6 is 11.6 Å². The number of rotatable bonds is 5. The van der Waals surface area contributed by atoms with Gasteiger partial charge in [0.05, 0.1) is 23.0 Å². The highest BCUT2D eigenvalue weighted by atomic mass is 35.5. The quantitative estimate of drug-likeness (QED) is 0.675. The molecule has 3 rings (SSSR count). The molecule has 0 aliphatic heterocycles. The lowest BCUT2D eigenvalue weighted by Crippen LogP contribution is -2.27. The van der Waals surface area contributed by atoms with Crippen molar-refractivity contribution in [2.45, 2.75) is 26.8 Å². The van der Waals surface area contributed by atoms with Crippen molar-refractivity contribution in [2.75, 3.05) is 5.32 Å². The molecule has 0 bridgehead atoms. The summed E-state index contributed by atoms with van der Waals surface area (Å²) in [6.45, 7) is 5.07. The second kappa shape index (κ2) is 8.27. The number of para-hydroxylation sites is 1. The topological polar surface area (TPSA) is 76.0 Å². The third-order valence-electron chi connectivity index (χ3n) is 4.29. The van der Waals surface area contributed by atoms with Crippen LogP contribution in [-0.4, -0.2) is 21.6 Å². The standard InChI is InChI=1S/C21H21ClN4O2/c1-13(16-8-7-9-17(12-16)24-15(3)27)23-21(28)19-14(2)25-26(20(19)22)18-10-5-4-6-11-18/h4-13H,1-3H3,(H,23,28)(H,24,27). The van der Waals surface area contributed by atoms with E-state index in [1.54, 1.807) is 17.7 Å². The maximum atomic E-state index is 12.9. The highest BCUT2D eigenvalue weighted by Crippen LogP contribution is 2.25. The van der Waals surface area contributed by atoms with Gasteiger partial charge in [0.1, 0.15) is 5.15 Å². The number of nitrogens with zero attached hydrogens (tertiary/aromatic N) is 2. The molecule has 0 aliphatic rings. The van der Waals surface area contributed by atoms with Crippen LogP contribution in [0.5, 0.6) is 0 Å². The van der Waals surface area contributed by atoms with Crippen molar-refractivity contribution in [3.63, 3.8) is 0 Å². The number of amides is 2. The monoisotopic (exact) mass is 396 g/mol. The van der Waals surface area contributed by atoms with Crippen LogP contribution in [0.15, 0.2) is 54.6 Å². The Morgan fingerprint density at radius 3 is 2.50 bits per heavy atom. The number of nitrogens with one attached hydrogen (secondary N) is 2. The zero-order valence-electron chi connectivity index (χ0n) is 15.9. The predicted molar refractivity (Wildman–Crippen MR) is 110 cm³/mol. The summed E-state index contributed by atoms with van der Waals surface area (Å²) < 4.78 is 1.55. The van der Waals surface area contributed by atoms with Crippen molar-refractivity contribution in [3.05, 3.63) is 76.6 Å². The van der Waals surface area contributed by atoms with Gasteiger partial charge in [-0.2, -0.15) is 5.10 Å². The molecule has 1 aromatic heterocycles. The highest BCUT2D eigenvalue weighted by Gasteiger charge is 2.22. The number of halogens is 1. The van der Waals surface area contributed by atoms with Gasteiger partial charge < -0.3 is 10.6 Å². The smallest absolute Gasteiger partial charge is 0.256 e. The molecule has 2 aromatic carbocycles. The third kappa shape index (κ3) is 4.23. The number of aromatic nitrogens is 2. The Balaban J connectivity index is 1.82. The zero-order valence-corrected chi connectivity index (χ0v) is 16.6. The van der Waals surface area contributed by atoms with E-state index in [1.807, 2.05) is 55.5 Å². The number of benzene rings is 2. The lowest BCUT2D eigenvalue weighted by Gasteiger charge is -2.15. The van der Waals surface area contributed by atoms with E-state index >= 15 is 0 Å². The van der Waals surface area contributed by atoms with Gasteiger partial charge in [0.25, 0.3) is 5.91 Å². The molecule has 0 saturated carbocycles. The Bertz CT molecular complexity index is 1010. The van der Waals surface area contributed by atoms with Crippen molar-refractivity contribution in [2.24, 2.45) is 0 Å². The second-order valence-electron chi connectivity index (χ2n) is 6.50. The van der Waals surface area contributed by atoms with Crippen LogP contribution in [0, 0.1) is 6.92 Å². The van der Waals surface area contributed by atoms with Crippen molar-refractivity contribution >= 4 is 29.1 Å². The van der Waals surface area contributed by atoms with Crippen molar-refractivity contribution < 1.29 is 9.59 Å². The van der Waals surface area contributed by atoms with Gasteiger partial charge in [-0.1, -0.05) is 41.9 Å². The minimum atomic E-state index is -0.304. The van der Waals surface area contributed by atoms with Gasteiger partial charge in [0.2, 0.25) is 5.91 Å². The van der Waals surface area contributed by atoms with Crippen LogP contribution in [0.3, 0.4) is 0 Å². The van der Waals surface area contributed by atoms with E-state index in [2.05, 4.69) is 15.7 Å². The first-order valence-electron chi connectivity index (χ1n) is 8.85. The van der Waals surface area contributed by atoms with E-state index in [-0.39, 0.29) is 23.0 Å². The number of anilines is 1. The molecule has 0 saturated heterocycles. The van der Waals surface area contributed by atoms with Gasteiger partial charge in [-0.25, -0.2) is 4.68 Å². The molecule has 0 fully saturated rings. The molecule has 0 radical (unpaired) electrons. The first kappa shape index (κ1) is 19.6. The van der Waals surface area contributed by atoms with E-state index in [4.69, 9.17) is 11.6 Å². The SMILES string of the molecule is CC(=O)Nc1cccc(C(C)NC(=O)c2c(C)nn(-c3ccccc3)c2Cl)c1. The number of aryl methyl sites for hydroxylation is 1. The molecular formula is C21H21ClN4O2. The number of carbonyl (C=O) groups excluding carboxylic acids is 2. The molecular weight excluding hydrogens is 376 g/mol. The molecule has 1 unspecified atom stereocenters. The van der Waals surface area contributed by atoms with Crippen LogP contribution < -0.4 is 10.6 Å². The summed E-state index contributed by atoms with van der Waals surface area (Å²) >= 11 is 6.46. The first-order chi connectivity index (χ1) is 13.4. The number of hydrogen-bond donors (Lipinski definition) is 2. The fourth-order valence-electron chi connectivity index (χ4n) is 2.94. The van der Waals surface area contributed by atoms with Crippen LogP contribution in [-0.2, 0) is 4.79 Å². The van der Waals surface area contributed by atoms with E-state index in [1.165, 1.54) is 6.92 Å². The molecule has 6 nitrogen and oxygen atoms in total. The zero-order chi connectivity index (χ0) is 20.3. The highest BCUT2D eigenvalue weighted by molar-refractivity contribution is 6.33. The fraction of sp³-hybridized carbons (Fsp3) is 0.190. The minimum Gasteiger partial charge on any atom is -0.345 e. The average molecular weight is 397 g/mol. The van der Waals surface area contributed by atoms with E-state index in [9.17, 15) is 9.59 Å². The van der Waals surface area contributed by atoms with E-state index in [0.717, 1.165) is 11.3 Å². The summed E-state index contributed by atoms with van der Waals surface area (Å²) in [6, 6.07) is 16.5. The normalized spacial score (nSPS) is 11.7. The van der Waals surface area contributed by atoms with E-state index < -0.39 is 0 Å². The maximum absolute atomic E-state index is 12.9. The number of carbonyl (C=O) groups is 2. The molecule has 2 amide bonds. The van der Waals surface area contributed by atoms with Crippen LogP contribution in [0.2, 0.25) is 5.15 Å². The fourth-order valence-corrected chi connectivity index (χ4v) is 3.30. The third-order valence-corrected chi connectivity index (χ3v) is 4.64. The Morgan fingerprint density at radius 1 is 1.11 bits per heavy atom. The molecule has 1 atom stereocenters. The van der Waals surface area contributed by atoms with Gasteiger partial charge >= 0.3 is 0 Å². The summed E-state index contributed by atoms with van der Waals surface area (Å²) in [5.41, 5.74) is 3.22. The summed E-state index contributed by atoms with van der Waals surface area (Å²) in [6.07, 6.45) is 0. The Morgan fingerprint density at radius 2 is 1.82 bits per heavy atom. The lowest BCUT2D eigenvalue weighted by atomic mass is 10.1. The summed E-state index contributed by atoms with van der Waals surface area (Å²) in [4.78, 5) is 24.1. The van der Waals surface area contributed by atoms with Crippen molar-refractivity contribution in [1.82, 2.24) is 15.1 Å². The minimum absolute atomic E-state index is 0.149. The van der Waals surface area contributed by atoms with E-state index in [0.29, 0.717) is 16.9 Å². The van der Waals surface area contributed by atoms with Gasteiger partial charge in [0, 0.05) is 12.6 Å². The molecule has 3 aromatic rings. The van der Waals surface area contributed by atoms with Crippen LogP contribution in [0.1, 0.15) is 41.5 Å². The van der Waals surface area contributed by atoms with Crippen LogP contribution in [0.4, 0.5) is 5.69 Å². The maximum Gasteiger partial charge on any atom is 0.256 e. The summed E-state index contributed by atoms with van der Waals surface area (Å²) in [5.74, 6) is -0.452. The first-order valence-corrected chi connectivity index (χ1v) is 9.23. The largest absolute Gasteiger partial charge is 0.345 e. The van der Waals surface area contributed by atoms with Crippen LogP contribution in [0.25, 0.3) is 5.69 Å². The van der Waals surface area contributed by atoms with Gasteiger partial charge in [-0.05, 0) is 43.7 Å². The van der Waals surface area contributed by atoms with Gasteiger partial charge in [0.15, 0.2) is 0 Å². The number of hydrogen-bond acceptors (Lipinski definition) is 3. The Kier molecular flexibility index (Phi) is 5.80. The van der Waals surface area contributed by atoms with Crippen molar-refractivity contribution in [1.29, 1.82) is 0 Å². The molecule has 0 aliphatic carbocycles.